The standard InChI is InChI=1S/C21H23ClN2O3S2/c1-3-29(26,27)15-8-9-17(13(2)10-15)23-20-12-18-19(28-20)11-16(22)21(25)24(18)14-6-4-5-7-14/h8-12,14,23H,3-7H2,1-2H3. The van der Waals surface area contributed by atoms with Crippen molar-refractivity contribution in [1.82, 2.24) is 4.57 Å². The van der Waals surface area contributed by atoms with Gasteiger partial charge in [-0.05, 0) is 55.7 Å². The van der Waals surface area contributed by atoms with Crippen molar-refractivity contribution in [3.8, 4) is 0 Å². The van der Waals surface area contributed by atoms with Crippen molar-refractivity contribution in [3.63, 3.8) is 0 Å². The molecule has 1 saturated carbocycles. The Hall–Kier alpha value is -1.83. The van der Waals surface area contributed by atoms with Crippen LogP contribution in [0.15, 0.2) is 40.0 Å². The fraction of sp³-hybridized carbons (Fsp3) is 0.381. The lowest BCUT2D eigenvalue weighted by Crippen LogP contribution is -2.23. The zero-order valence-electron chi connectivity index (χ0n) is 16.4. The zero-order chi connectivity index (χ0) is 20.8. The molecule has 8 heteroatoms. The molecule has 154 valence electrons. The first-order chi connectivity index (χ1) is 13.8. The monoisotopic (exact) mass is 450 g/mol. The van der Waals surface area contributed by atoms with Crippen molar-refractivity contribution < 1.29 is 8.42 Å². The Morgan fingerprint density at radius 3 is 2.59 bits per heavy atom. The van der Waals surface area contributed by atoms with E-state index in [0.29, 0.717) is 4.90 Å². The van der Waals surface area contributed by atoms with Gasteiger partial charge in [0.15, 0.2) is 9.84 Å². The second kappa shape index (κ2) is 7.78. The topological polar surface area (TPSA) is 68.2 Å². The van der Waals surface area contributed by atoms with Gasteiger partial charge in [0.2, 0.25) is 0 Å². The zero-order valence-corrected chi connectivity index (χ0v) is 18.8. The smallest absolute Gasteiger partial charge is 0.270 e. The van der Waals surface area contributed by atoms with E-state index in [4.69, 9.17) is 11.6 Å². The number of nitrogens with one attached hydrogen (secondary N) is 1. The summed E-state index contributed by atoms with van der Waals surface area (Å²) in [5.41, 5.74) is 2.47. The average molecular weight is 451 g/mol. The Labute approximate surface area is 179 Å². The number of nitrogens with zero attached hydrogens (tertiary/aromatic N) is 1. The van der Waals surface area contributed by atoms with E-state index in [0.717, 1.165) is 52.2 Å². The molecule has 29 heavy (non-hydrogen) atoms. The second-order valence-electron chi connectivity index (χ2n) is 7.47. The third kappa shape index (κ3) is 3.83. The minimum absolute atomic E-state index is 0.0784. The molecular weight excluding hydrogens is 428 g/mol. The van der Waals surface area contributed by atoms with Gasteiger partial charge >= 0.3 is 0 Å². The van der Waals surface area contributed by atoms with Gasteiger partial charge in [0, 0.05) is 11.7 Å². The number of hydrogen-bond acceptors (Lipinski definition) is 5. The number of pyridine rings is 1. The van der Waals surface area contributed by atoms with Crippen LogP contribution in [0.2, 0.25) is 5.02 Å². The van der Waals surface area contributed by atoms with E-state index in [1.165, 1.54) is 11.3 Å². The first-order valence-electron chi connectivity index (χ1n) is 9.75. The quantitative estimate of drug-likeness (QED) is 0.543. The summed E-state index contributed by atoms with van der Waals surface area (Å²) < 4.78 is 27.0. The van der Waals surface area contributed by atoms with Gasteiger partial charge in [0.25, 0.3) is 5.56 Å². The van der Waals surface area contributed by atoms with Crippen LogP contribution in [-0.2, 0) is 9.84 Å². The van der Waals surface area contributed by atoms with Gasteiger partial charge in [-0.15, -0.1) is 11.3 Å². The summed E-state index contributed by atoms with van der Waals surface area (Å²) in [6.07, 6.45) is 4.26. The molecule has 0 amide bonds. The minimum Gasteiger partial charge on any atom is -0.347 e. The predicted octanol–water partition coefficient (Wildman–Crippen LogP) is 5.68. The van der Waals surface area contributed by atoms with Crippen LogP contribution in [-0.4, -0.2) is 18.7 Å². The van der Waals surface area contributed by atoms with Crippen LogP contribution in [0, 0.1) is 6.92 Å². The molecule has 1 fully saturated rings. The van der Waals surface area contributed by atoms with Gasteiger partial charge in [-0.2, -0.15) is 0 Å². The number of anilines is 2. The highest BCUT2D eigenvalue weighted by molar-refractivity contribution is 7.91. The largest absolute Gasteiger partial charge is 0.347 e. The Morgan fingerprint density at radius 1 is 1.21 bits per heavy atom. The van der Waals surface area contributed by atoms with Gasteiger partial charge in [-0.25, -0.2) is 8.42 Å². The molecule has 3 aromatic rings. The van der Waals surface area contributed by atoms with E-state index in [1.807, 2.05) is 17.6 Å². The van der Waals surface area contributed by atoms with E-state index in [-0.39, 0.29) is 22.4 Å². The van der Waals surface area contributed by atoms with Gasteiger partial charge in [0.1, 0.15) is 5.02 Å². The number of rotatable bonds is 5. The van der Waals surface area contributed by atoms with Crippen LogP contribution in [0.3, 0.4) is 0 Å². The van der Waals surface area contributed by atoms with Crippen molar-refractivity contribution in [2.24, 2.45) is 0 Å². The Bertz CT molecular complexity index is 1240. The van der Waals surface area contributed by atoms with Crippen LogP contribution in [0.4, 0.5) is 10.7 Å². The lowest BCUT2D eigenvalue weighted by molar-refractivity contribution is 0.520. The highest BCUT2D eigenvalue weighted by Crippen LogP contribution is 2.37. The number of fused-ring (bicyclic) bond motifs is 1. The normalized spacial score (nSPS) is 15.3. The molecule has 1 aliphatic rings. The van der Waals surface area contributed by atoms with Crippen LogP contribution >= 0.6 is 22.9 Å². The first-order valence-corrected chi connectivity index (χ1v) is 12.6. The number of halogens is 1. The molecule has 0 bridgehead atoms. The number of hydrogen-bond donors (Lipinski definition) is 1. The third-order valence-electron chi connectivity index (χ3n) is 5.57. The number of aryl methyl sites for hydroxylation is 1. The summed E-state index contributed by atoms with van der Waals surface area (Å²) in [5, 5.41) is 4.52. The van der Waals surface area contributed by atoms with Gasteiger partial charge in [0.05, 0.1) is 25.9 Å². The average Bonchev–Trinajstić information content (AvgIpc) is 3.34. The highest BCUT2D eigenvalue weighted by atomic mass is 35.5. The molecule has 0 unspecified atom stereocenters. The Kier molecular flexibility index (Phi) is 5.48. The summed E-state index contributed by atoms with van der Waals surface area (Å²) in [6.45, 7) is 3.53. The molecule has 0 spiro atoms. The van der Waals surface area contributed by atoms with Crippen LogP contribution in [0.1, 0.15) is 44.2 Å². The Balaban J connectivity index is 1.73. The SMILES string of the molecule is CCS(=O)(=O)c1ccc(Nc2cc3c(cc(Cl)c(=O)n3C3CCCC3)s2)c(C)c1. The van der Waals surface area contributed by atoms with Gasteiger partial charge in [-0.1, -0.05) is 31.4 Å². The van der Waals surface area contributed by atoms with E-state index in [1.54, 1.807) is 31.2 Å². The van der Waals surface area contributed by atoms with Crippen molar-refractivity contribution in [2.45, 2.75) is 50.5 Å². The third-order valence-corrected chi connectivity index (χ3v) is 8.56. The maximum atomic E-state index is 12.7. The number of thiophene rings is 1. The van der Waals surface area contributed by atoms with Crippen molar-refractivity contribution in [3.05, 3.63) is 51.3 Å². The molecule has 1 N–H and O–H groups in total. The molecule has 0 saturated heterocycles. The molecule has 0 aliphatic heterocycles. The highest BCUT2D eigenvalue weighted by Gasteiger charge is 2.22. The van der Waals surface area contributed by atoms with E-state index < -0.39 is 9.84 Å². The van der Waals surface area contributed by atoms with E-state index >= 15 is 0 Å². The molecule has 1 aromatic carbocycles. The van der Waals surface area contributed by atoms with Crippen LogP contribution in [0.5, 0.6) is 0 Å². The summed E-state index contributed by atoms with van der Waals surface area (Å²) in [6, 6.07) is 9.05. The lowest BCUT2D eigenvalue weighted by atomic mass is 10.2. The fourth-order valence-electron chi connectivity index (χ4n) is 3.94. The summed E-state index contributed by atoms with van der Waals surface area (Å²) in [7, 11) is -3.23. The maximum absolute atomic E-state index is 12.7. The lowest BCUT2D eigenvalue weighted by Gasteiger charge is -2.15. The summed E-state index contributed by atoms with van der Waals surface area (Å²) in [4.78, 5) is 13.0. The van der Waals surface area contributed by atoms with E-state index in [9.17, 15) is 13.2 Å². The summed E-state index contributed by atoms with van der Waals surface area (Å²) in [5.74, 6) is 0.0784. The molecule has 5 nitrogen and oxygen atoms in total. The molecule has 2 aromatic heterocycles. The van der Waals surface area contributed by atoms with Crippen LogP contribution in [0.25, 0.3) is 10.2 Å². The maximum Gasteiger partial charge on any atom is 0.270 e. The van der Waals surface area contributed by atoms with Gasteiger partial charge in [-0.3, -0.25) is 4.79 Å². The predicted molar refractivity (Wildman–Crippen MR) is 121 cm³/mol. The number of benzene rings is 1. The van der Waals surface area contributed by atoms with Crippen molar-refractivity contribution >= 4 is 53.7 Å². The second-order valence-corrected chi connectivity index (χ2v) is 11.2. The molecule has 2 heterocycles. The molecule has 0 radical (unpaired) electrons. The van der Waals surface area contributed by atoms with Crippen molar-refractivity contribution in [1.29, 1.82) is 0 Å². The first kappa shape index (κ1) is 20.4. The number of aromatic nitrogens is 1. The minimum atomic E-state index is -3.23. The van der Waals surface area contributed by atoms with Gasteiger partial charge < -0.3 is 9.88 Å². The Morgan fingerprint density at radius 2 is 1.93 bits per heavy atom. The molecule has 1 aliphatic carbocycles. The molecule has 0 atom stereocenters. The van der Waals surface area contributed by atoms with Crippen LogP contribution < -0.4 is 10.9 Å². The fourth-order valence-corrected chi connectivity index (χ4v) is 6.18. The molecular formula is C21H23ClN2O3S2. The summed E-state index contributed by atoms with van der Waals surface area (Å²) >= 11 is 7.77. The van der Waals surface area contributed by atoms with Crippen molar-refractivity contribution in [2.75, 3.05) is 11.1 Å². The molecule has 4 rings (SSSR count). The number of sulfone groups is 1. The van der Waals surface area contributed by atoms with E-state index in [2.05, 4.69) is 5.32 Å².